The number of thiophene rings is 1. The van der Waals surface area contributed by atoms with Crippen LogP contribution < -0.4 is 10.4 Å². The highest BCUT2D eigenvalue weighted by atomic mass is 32.1. The zero-order valence-corrected chi connectivity index (χ0v) is 10.4. The molecule has 1 amide bonds. The first kappa shape index (κ1) is 12.3. The number of hydrogen-bond acceptors (Lipinski definition) is 4. The Morgan fingerprint density at radius 3 is 2.44 bits per heavy atom. The molecule has 0 aliphatic carbocycles. The third kappa shape index (κ3) is 2.57. The summed E-state index contributed by atoms with van der Waals surface area (Å²) < 4.78 is 0. The molecule has 0 saturated carbocycles. The van der Waals surface area contributed by atoms with Crippen molar-refractivity contribution in [2.24, 2.45) is 0 Å². The van der Waals surface area contributed by atoms with Gasteiger partial charge in [0.1, 0.15) is 5.00 Å². The number of hydrogen-bond donors (Lipinski definition) is 1. The average Bonchev–Trinajstić information content (AvgIpc) is 2.73. The number of carbonyl (C=O) groups is 2. The van der Waals surface area contributed by atoms with Gasteiger partial charge < -0.3 is 15.2 Å². The van der Waals surface area contributed by atoms with Crippen molar-refractivity contribution in [3.8, 4) is 10.4 Å². The van der Waals surface area contributed by atoms with Gasteiger partial charge >= 0.3 is 0 Å². The Bertz CT molecular complexity index is 590. The lowest BCUT2D eigenvalue weighted by Crippen LogP contribution is -2.23. The van der Waals surface area contributed by atoms with Crippen LogP contribution in [0, 0.1) is 0 Å². The van der Waals surface area contributed by atoms with Crippen molar-refractivity contribution >= 4 is 28.2 Å². The van der Waals surface area contributed by atoms with Gasteiger partial charge in [-0.25, -0.2) is 0 Å². The minimum absolute atomic E-state index is 0.00838. The topological polar surface area (TPSA) is 69.2 Å². The smallest absolute Gasteiger partial charge is 0.221 e. The van der Waals surface area contributed by atoms with Gasteiger partial charge in [0.2, 0.25) is 5.91 Å². The number of benzene rings is 1. The summed E-state index contributed by atoms with van der Waals surface area (Å²) >= 11 is 1.22. The molecule has 0 aliphatic heterocycles. The third-order valence-electron chi connectivity index (χ3n) is 2.30. The molecule has 2 aromatic rings. The van der Waals surface area contributed by atoms with Crippen molar-refractivity contribution in [2.75, 3.05) is 5.32 Å². The first-order valence-electron chi connectivity index (χ1n) is 5.26. The molecule has 0 aliphatic rings. The molecule has 5 heteroatoms. The molecule has 4 nitrogen and oxygen atoms in total. The van der Waals surface area contributed by atoms with Crippen molar-refractivity contribution in [1.29, 1.82) is 0 Å². The summed E-state index contributed by atoms with van der Waals surface area (Å²) in [7, 11) is 0. The summed E-state index contributed by atoms with van der Waals surface area (Å²) in [6.45, 7) is 1.33. The molecule has 0 bridgehead atoms. The van der Waals surface area contributed by atoms with Crippen molar-refractivity contribution in [2.45, 2.75) is 6.92 Å². The number of carboxylic acid groups (broad SMARTS) is 1. The molecule has 2 rings (SSSR count). The molecule has 0 unspecified atom stereocenters. The van der Waals surface area contributed by atoms with E-state index >= 15 is 0 Å². The fourth-order valence-corrected chi connectivity index (χ4v) is 2.64. The van der Waals surface area contributed by atoms with E-state index in [0.29, 0.717) is 5.00 Å². The second-order valence-electron chi connectivity index (χ2n) is 3.69. The lowest BCUT2D eigenvalue weighted by Gasteiger charge is -2.03. The minimum atomic E-state index is -1.29. The maximum atomic E-state index is 11.0. The van der Waals surface area contributed by atoms with E-state index in [1.807, 2.05) is 30.3 Å². The number of rotatable bonds is 3. The lowest BCUT2D eigenvalue weighted by atomic mass is 10.1. The molecule has 0 fully saturated rings. The molecular weight excluding hydrogens is 250 g/mol. The predicted octanol–water partition coefficient (Wildman–Crippen LogP) is 1.74. The third-order valence-corrected chi connectivity index (χ3v) is 3.40. The number of nitrogens with one attached hydrogen (secondary N) is 1. The Morgan fingerprint density at radius 2 is 1.89 bits per heavy atom. The van der Waals surface area contributed by atoms with Crippen molar-refractivity contribution in [3.63, 3.8) is 0 Å². The highest BCUT2D eigenvalue weighted by molar-refractivity contribution is 7.20. The van der Waals surface area contributed by atoms with Crippen molar-refractivity contribution in [3.05, 3.63) is 42.0 Å². The summed E-state index contributed by atoms with van der Waals surface area (Å²) in [5.41, 5.74) is 0.913. The van der Waals surface area contributed by atoms with E-state index in [4.69, 9.17) is 0 Å². The zero-order valence-electron chi connectivity index (χ0n) is 9.60. The predicted molar refractivity (Wildman–Crippen MR) is 68.4 cm³/mol. The highest BCUT2D eigenvalue weighted by Gasteiger charge is 2.12. The molecule has 1 heterocycles. The number of carboxylic acids is 1. The second kappa shape index (κ2) is 5.01. The fraction of sp³-hybridized carbons (Fsp3) is 0.0769. The Hall–Kier alpha value is -2.14. The van der Waals surface area contributed by atoms with Crippen molar-refractivity contribution < 1.29 is 14.7 Å². The molecule has 0 saturated heterocycles. The Labute approximate surface area is 108 Å². The SMILES string of the molecule is CC(=O)Nc1sc(-c2ccccc2)cc1C(=O)[O-]. The summed E-state index contributed by atoms with van der Waals surface area (Å²) in [6, 6.07) is 10.9. The maximum Gasteiger partial charge on any atom is 0.221 e. The van der Waals surface area contributed by atoms with Gasteiger partial charge in [0.25, 0.3) is 0 Å². The minimum Gasteiger partial charge on any atom is -0.545 e. The van der Waals surface area contributed by atoms with Crippen LogP contribution >= 0.6 is 11.3 Å². The van der Waals surface area contributed by atoms with Gasteiger partial charge in [-0.2, -0.15) is 0 Å². The van der Waals surface area contributed by atoms with E-state index in [0.717, 1.165) is 10.4 Å². The standard InChI is InChI=1S/C13H11NO3S/c1-8(15)14-12-10(13(16)17)7-11(18-12)9-5-3-2-4-6-9/h2-7H,1H3,(H,14,15)(H,16,17)/p-1. The summed E-state index contributed by atoms with van der Waals surface area (Å²) in [4.78, 5) is 22.8. The molecule has 0 atom stereocenters. The molecule has 1 aromatic heterocycles. The molecule has 0 radical (unpaired) electrons. The van der Waals surface area contributed by atoms with Gasteiger partial charge in [-0.3, -0.25) is 4.79 Å². The Kier molecular flexibility index (Phi) is 3.43. The van der Waals surface area contributed by atoms with Crippen LogP contribution in [0.5, 0.6) is 0 Å². The maximum absolute atomic E-state index is 11.0. The molecule has 1 aromatic carbocycles. The van der Waals surface area contributed by atoms with Crippen LogP contribution in [0.1, 0.15) is 17.3 Å². The monoisotopic (exact) mass is 260 g/mol. The van der Waals surface area contributed by atoms with Gasteiger partial charge in [-0.1, -0.05) is 30.3 Å². The van der Waals surface area contributed by atoms with Crippen LogP contribution in [0.15, 0.2) is 36.4 Å². The van der Waals surface area contributed by atoms with Crippen LogP contribution in [-0.2, 0) is 4.79 Å². The summed E-state index contributed by atoms with van der Waals surface area (Å²) in [6.07, 6.45) is 0. The number of amides is 1. The van der Waals surface area contributed by atoms with Gasteiger partial charge in [-0.15, -0.1) is 11.3 Å². The van der Waals surface area contributed by atoms with Crippen LogP contribution in [0.25, 0.3) is 10.4 Å². The molecule has 92 valence electrons. The average molecular weight is 260 g/mol. The number of aromatic carboxylic acids is 1. The first-order chi connectivity index (χ1) is 8.58. The van der Waals surface area contributed by atoms with Gasteiger partial charge in [0, 0.05) is 17.4 Å². The van der Waals surface area contributed by atoms with Gasteiger partial charge in [0.15, 0.2) is 0 Å². The lowest BCUT2D eigenvalue weighted by molar-refractivity contribution is -0.254. The summed E-state index contributed by atoms with van der Waals surface area (Å²) in [5, 5.41) is 13.8. The van der Waals surface area contributed by atoms with E-state index in [1.54, 1.807) is 0 Å². The Morgan fingerprint density at radius 1 is 1.22 bits per heavy atom. The van der Waals surface area contributed by atoms with Crippen LogP contribution in [0.3, 0.4) is 0 Å². The quantitative estimate of drug-likeness (QED) is 0.913. The van der Waals surface area contributed by atoms with E-state index in [1.165, 1.54) is 24.3 Å². The zero-order chi connectivity index (χ0) is 13.1. The Balaban J connectivity index is 2.45. The van der Waals surface area contributed by atoms with Gasteiger partial charge in [0.05, 0.1) is 5.97 Å². The normalized spacial score (nSPS) is 10.1. The molecule has 18 heavy (non-hydrogen) atoms. The van der Waals surface area contributed by atoms with E-state index in [2.05, 4.69) is 5.32 Å². The first-order valence-corrected chi connectivity index (χ1v) is 6.08. The molecular formula is C13H10NO3S-. The van der Waals surface area contributed by atoms with Crippen LogP contribution in [0.4, 0.5) is 5.00 Å². The number of carbonyl (C=O) groups excluding carboxylic acids is 2. The van der Waals surface area contributed by atoms with Crippen LogP contribution in [-0.4, -0.2) is 11.9 Å². The van der Waals surface area contributed by atoms with E-state index < -0.39 is 5.97 Å². The largest absolute Gasteiger partial charge is 0.545 e. The summed E-state index contributed by atoms with van der Waals surface area (Å²) in [5.74, 6) is -1.60. The number of anilines is 1. The fourth-order valence-electron chi connectivity index (χ4n) is 1.54. The van der Waals surface area contributed by atoms with E-state index in [9.17, 15) is 14.7 Å². The highest BCUT2D eigenvalue weighted by Crippen LogP contribution is 2.35. The molecule has 0 spiro atoms. The van der Waals surface area contributed by atoms with E-state index in [-0.39, 0.29) is 11.5 Å². The van der Waals surface area contributed by atoms with Gasteiger partial charge in [-0.05, 0) is 11.6 Å². The van der Waals surface area contributed by atoms with Crippen LogP contribution in [0.2, 0.25) is 0 Å². The molecule has 1 N–H and O–H groups in total. The second-order valence-corrected chi connectivity index (χ2v) is 4.74. The van der Waals surface area contributed by atoms with Crippen molar-refractivity contribution in [1.82, 2.24) is 0 Å².